The number of fused-ring (bicyclic) bond motifs is 3. The highest BCUT2D eigenvalue weighted by Crippen LogP contribution is 2.39. The van der Waals surface area contributed by atoms with Crippen LogP contribution in [0.15, 0.2) is 101 Å². The maximum absolute atomic E-state index is 13.5. The number of aromatic nitrogens is 3. The number of likely N-dealkylation sites (tertiary alicyclic amines) is 1. The molecule has 28 heteroatoms. The number of anilines is 3. The fourth-order valence-electron chi connectivity index (χ4n) is 15.7. The van der Waals surface area contributed by atoms with E-state index in [-0.39, 0.29) is 72.0 Å². The standard InChI is InChI=1S/C27H34N4O5.C27H36N4O4.C26H34N4O6S/c1-6-31(19-7-10-30(11-8-19)18(4)32)22-14-24-20(9-12-36-24)25(17(22)3)27(34)28-15-21-23(35-5)13-16(2)29-26(21)33;1-16-13-23(34-6)21(26(32)29-16)15-28-27(33)25-17(2)22(14-24-20(25)11-12-35-24)31(5)19-9-7-18(8-10-19)30(3)4;1-6-30(18-7-10-29(11-8-18)37(5,33)34)21-14-23-19(9-12-36-23)24(17(21)3)26(32)27-15-20-22(35-4)13-16(2)28-25(20)31/h9,12-14,19H,6-8,10-11,15H2,1-5H3,(H,28,34)(H,29,33);11-14,18-19H,7-10,15H2,1-6H3,(H,28,33)(H,29,32);9,12-14,18H,6-8,10-11,15H2,1-5H3,(H,27,32)(H,28,31). The van der Waals surface area contributed by atoms with Crippen molar-refractivity contribution in [3.63, 3.8) is 0 Å². The van der Waals surface area contributed by atoms with Crippen LogP contribution in [-0.4, -0.2) is 173 Å². The van der Waals surface area contributed by atoms with Crippen LogP contribution in [0.2, 0.25) is 0 Å². The third-order valence-corrected chi connectivity index (χ3v) is 22.9. The number of furan rings is 3. The zero-order valence-electron chi connectivity index (χ0n) is 65.0. The van der Waals surface area contributed by atoms with Gasteiger partial charge in [0.1, 0.15) is 34.0 Å². The number of sulfonamides is 1. The molecule has 3 aliphatic rings. The molecule has 6 aromatic heterocycles. The van der Waals surface area contributed by atoms with E-state index in [1.54, 1.807) is 76.8 Å². The Balaban J connectivity index is 0.000000173. The topological polar surface area (TPSA) is 324 Å². The Morgan fingerprint density at radius 3 is 1.13 bits per heavy atom. The van der Waals surface area contributed by atoms with E-state index in [2.05, 4.69) is 78.6 Å². The lowest BCUT2D eigenvalue weighted by atomic mass is 9.89. The molecule has 27 nitrogen and oxygen atoms in total. The van der Waals surface area contributed by atoms with E-state index in [0.717, 1.165) is 103 Å². The number of ether oxygens (including phenoxy) is 3. The van der Waals surface area contributed by atoms with Crippen LogP contribution in [-0.2, 0) is 34.5 Å². The maximum Gasteiger partial charge on any atom is 0.256 e. The first-order chi connectivity index (χ1) is 51.5. The van der Waals surface area contributed by atoms with Crippen molar-refractivity contribution in [3.8, 4) is 17.2 Å². The number of carbonyl (C=O) groups excluding carboxylic acids is 4. The highest BCUT2D eigenvalue weighted by Gasteiger charge is 2.34. The monoisotopic (exact) mass is 1500 g/mol. The molecule has 3 fully saturated rings. The summed E-state index contributed by atoms with van der Waals surface area (Å²) in [6, 6.07) is 18.0. The number of hydrogen-bond donors (Lipinski definition) is 6. The van der Waals surface area contributed by atoms with Gasteiger partial charge in [0.2, 0.25) is 15.9 Å². The first-order valence-corrected chi connectivity index (χ1v) is 38.7. The van der Waals surface area contributed by atoms with E-state index < -0.39 is 10.0 Å². The molecule has 1 aliphatic carbocycles. The van der Waals surface area contributed by atoms with Crippen LogP contribution >= 0.6 is 0 Å². The van der Waals surface area contributed by atoms with Gasteiger partial charge in [-0.3, -0.25) is 33.6 Å². The Hall–Kier alpha value is -10.3. The Morgan fingerprint density at radius 2 is 0.815 bits per heavy atom. The maximum atomic E-state index is 13.5. The first kappa shape index (κ1) is 80.2. The molecule has 4 amide bonds. The molecule has 2 aliphatic heterocycles. The number of benzene rings is 3. The quantitative estimate of drug-likeness (QED) is 0.0367. The van der Waals surface area contributed by atoms with Crippen LogP contribution in [0.1, 0.15) is 154 Å². The van der Waals surface area contributed by atoms with Gasteiger partial charge >= 0.3 is 0 Å². The number of aryl methyl sites for hydroxylation is 3. The van der Waals surface area contributed by atoms with Crippen LogP contribution in [0.3, 0.4) is 0 Å². The number of amides is 4. The number of methoxy groups -OCH3 is 3. The number of piperidine rings is 2. The van der Waals surface area contributed by atoms with Crippen LogP contribution in [0, 0.1) is 41.5 Å². The number of carbonyl (C=O) groups is 4. The molecule has 12 rings (SSSR count). The lowest BCUT2D eigenvalue weighted by Crippen LogP contribution is -2.46. The molecule has 108 heavy (non-hydrogen) atoms. The second-order valence-corrected chi connectivity index (χ2v) is 30.4. The van der Waals surface area contributed by atoms with Gasteiger partial charge in [-0.1, -0.05) is 0 Å². The van der Waals surface area contributed by atoms with E-state index in [0.29, 0.717) is 134 Å². The highest BCUT2D eigenvalue weighted by atomic mass is 32.2. The van der Waals surface area contributed by atoms with Crippen LogP contribution in [0.25, 0.3) is 32.9 Å². The van der Waals surface area contributed by atoms with Gasteiger partial charge in [0.25, 0.3) is 34.4 Å². The van der Waals surface area contributed by atoms with Crippen LogP contribution < -0.4 is 61.5 Å². The van der Waals surface area contributed by atoms with Crippen molar-refractivity contribution in [2.45, 2.75) is 157 Å². The van der Waals surface area contributed by atoms with Crippen molar-refractivity contribution in [1.82, 2.24) is 45.0 Å². The first-order valence-electron chi connectivity index (χ1n) is 36.8. The molecular formula is C80H104N12O15S. The molecule has 3 aromatic carbocycles. The second kappa shape index (κ2) is 34.7. The summed E-state index contributed by atoms with van der Waals surface area (Å²) in [6.45, 7) is 20.8. The third-order valence-electron chi connectivity index (χ3n) is 21.6. The number of hydrogen-bond acceptors (Lipinski definition) is 19. The predicted molar refractivity (Wildman–Crippen MR) is 420 cm³/mol. The highest BCUT2D eigenvalue weighted by molar-refractivity contribution is 7.88. The Bertz CT molecular complexity index is 5060. The summed E-state index contributed by atoms with van der Waals surface area (Å²) in [4.78, 5) is 109. The average Bonchev–Trinajstić information content (AvgIpc) is 1.47. The average molecular weight is 1510 g/mol. The molecule has 0 spiro atoms. The van der Waals surface area contributed by atoms with Crippen LogP contribution in [0.4, 0.5) is 17.1 Å². The summed E-state index contributed by atoms with van der Waals surface area (Å²) in [6.07, 6.45) is 13.6. The van der Waals surface area contributed by atoms with Crippen molar-refractivity contribution in [2.24, 2.45) is 0 Å². The Morgan fingerprint density at radius 1 is 0.491 bits per heavy atom. The van der Waals surface area contributed by atoms with Gasteiger partial charge in [-0.15, -0.1) is 0 Å². The number of aromatic amines is 3. The van der Waals surface area contributed by atoms with E-state index >= 15 is 0 Å². The van der Waals surface area contributed by atoms with Crippen molar-refractivity contribution in [2.75, 3.05) is 103 Å². The number of rotatable bonds is 22. The fraction of sp³-hybridized carbons (Fsp3) is 0.463. The SMILES string of the molecule is CCN(c1cc2occc2c(C(=O)NCc2c(OC)cc(C)[nH]c2=O)c1C)C1CCN(C(C)=O)CC1.CCN(c1cc2occc2c(C(=O)NCc2c(OC)cc(C)[nH]c2=O)c1C)C1CCN(S(C)(=O)=O)CC1.COc1cc(C)[nH]c(=O)c1CNC(=O)c1c(C)c(N(C)C2CCC(N(C)C)CC2)cc2occc12. The van der Waals surface area contributed by atoms with Crippen molar-refractivity contribution in [1.29, 1.82) is 0 Å². The number of nitrogens with one attached hydrogen (secondary N) is 6. The van der Waals surface area contributed by atoms with Gasteiger partial charge in [-0.05, 0) is 174 Å². The predicted octanol–water partition coefficient (Wildman–Crippen LogP) is 10.4. The number of pyridine rings is 3. The second-order valence-electron chi connectivity index (χ2n) is 28.5. The number of H-pyrrole nitrogens is 3. The largest absolute Gasteiger partial charge is 0.496 e. The minimum Gasteiger partial charge on any atom is -0.496 e. The minimum atomic E-state index is -3.22. The third kappa shape index (κ3) is 17.6. The Kier molecular flexibility index (Phi) is 25.8. The smallest absolute Gasteiger partial charge is 0.256 e. The van der Waals surface area contributed by atoms with Crippen molar-refractivity contribution in [3.05, 3.63) is 172 Å². The normalized spacial score (nSPS) is 15.8. The van der Waals surface area contributed by atoms with Gasteiger partial charge < -0.3 is 82.9 Å². The molecule has 0 radical (unpaired) electrons. The van der Waals surface area contributed by atoms with E-state index in [1.165, 1.54) is 31.9 Å². The van der Waals surface area contributed by atoms with E-state index in [9.17, 15) is 42.0 Å². The molecule has 6 N–H and O–H groups in total. The molecule has 0 atom stereocenters. The van der Waals surface area contributed by atoms with Gasteiger partial charge in [0.15, 0.2) is 0 Å². The zero-order chi connectivity index (χ0) is 78.2. The van der Waals surface area contributed by atoms with Crippen molar-refractivity contribution < 1.29 is 55.1 Å². The molecule has 0 unspecified atom stereocenters. The van der Waals surface area contributed by atoms with Gasteiger partial charge in [-0.25, -0.2) is 12.7 Å². The lowest BCUT2D eigenvalue weighted by Gasteiger charge is -2.40. The van der Waals surface area contributed by atoms with Gasteiger partial charge in [0.05, 0.1) is 99.4 Å². The van der Waals surface area contributed by atoms with E-state index in [1.807, 2.05) is 56.9 Å². The summed E-state index contributed by atoms with van der Waals surface area (Å²) >= 11 is 0. The van der Waals surface area contributed by atoms with Gasteiger partial charge in [-0.2, -0.15) is 0 Å². The summed E-state index contributed by atoms with van der Waals surface area (Å²) in [5.74, 6) is 0.553. The number of nitrogens with zero attached hydrogens (tertiary/aromatic N) is 6. The summed E-state index contributed by atoms with van der Waals surface area (Å²) in [5, 5.41) is 10.9. The lowest BCUT2D eigenvalue weighted by molar-refractivity contribution is -0.129. The molecule has 8 heterocycles. The molecule has 0 bridgehead atoms. The Labute approximate surface area is 629 Å². The van der Waals surface area contributed by atoms with Crippen molar-refractivity contribution >= 4 is 83.6 Å². The summed E-state index contributed by atoms with van der Waals surface area (Å²) < 4.78 is 58.7. The molecule has 1 saturated carbocycles. The molecular weight excluding hydrogens is 1400 g/mol. The van der Waals surface area contributed by atoms with E-state index in [4.69, 9.17) is 27.5 Å². The summed E-state index contributed by atoms with van der Waals surface area (Å²) in [5.41, 5.74) is 11.1. The fourth-order valence-corrected chi connectivity index (χ4v) is 16.6. The summed E-state index contributed by atoms with van der Waals surface area (Å²) in [7, 11) is 7.69. The van der Waals surface area contributed by atoms with Gasteiger partial charge in [0, 0.05) is 146 Å². The molecule has 9 aromatic rings. The van der Waals surface area contributed by atoms with Crippen LogP contribution in [0.5, 0.6) is 17.2 Å². The zero-order valence-corrected chi connectivity index (χ0v) is 65.8. The molecule has 580 valence electrons. The minimum absolute atomic E-state index is 0.00206. The molecule has 2 saturated heterocycles.